The molecule has 0 aromatic heterocycles. The number of hydrogen-bond acceptors (Lipinski definition) is 1. The first-order chi connectivity index (χ1) is 9.19. The molecule has 0 aliphatic heterocycles. The zero-order valence-electron chi connectivity index (χ0n) is 10.9. The van der Waals surface area contributed by atoms with Crippen LogP contribution in [0.3, 0.4) is 0 Å². The van der Waals surface area contributed by atoms with Crippen molar-refractivity contribution < 1.29 is 4.39 Å². The number of hydrogen-bond donors (Lipinski definition) is 1. The molecule has 1 unspecified atom stereocenters. The van der Waals surface area contributed by atoms with Crippen LogP contribution in [0.1, 0.15) is 17.0 Å². The Balaban J connectivity index is 2.18. The highest BCUT2D eigenvalue weighted by molar-refractivity contribution is 9.10. The highest BCUT2D eigenvalue weighted by Gasteiger charge is 2.12. The van der Waals surface area contributed by atoms with Gasteiger partial charge in [-0.1, -0.05) is 40.2 Å². The van der Waals surface area contributed by atoms with Crippen LogP contribution in [-0.2, 0) is 6.42 Å². The smallest absolute Gasteiger partial charge is 0.123 e. The van der Waals surface area contributed by atoms with Gasteiger partial charge in [-0.15, -0.1) is 0 Å². The Morgan fingerprint density at radius 2 is 1.89 bits per heavy atom. The maximum atomic E-state index is 13.0. The van der Waals surface area contributed by atoms with Crippen molar-refractivity contribution >= 4 is 15.9 Å². The first-order valence-corrected chi connectivity index (χ1v) is 7.13. The van der Waals surface area contributed by atoms with Crippen LogP contribution in [0.4, 0.5) is 4.39 Å². The number of benzene rings is 2. The summed E-state index contributed by atoms with van der Waals surface area (Å²) < 4.78 is 14.1. The minimum Gasteiger partial charge on any atom is -0.319 e. The molecule has 0 amide bonds. The summed E-state index contributed by atoms with van der Waals surface area (Å²) in [5.41, 5.74) is 2.44. The van der Waals surface area contributed by atoms with Crippen LogP contribution in [0.15, 0.2) is 53.0 Å². The van der Waals surface area contributed by atoms with E-state index in [-0.39, 0.29) is 5.82 Å². The van der Waals surface area contributed by atoms with Crippen molar-refractivity contribution in [1.82, 2.24) is 5.32 Å². The highest BCUT2D eigenvalue weighted by Crippen LogP contribution is 2.22. The van der Waals surface area contributed by atoms with Gasteiger partial charge in [-0.3, -0.25) is 0 Å². The molecule has 2 aromatic carbocycles. The van der Waals surface area contributed by atoms with Gasteiger partial charge >= 0.3 is 0 Å². The number of nitrogens with one attached hydrogen (secondary N) is 1. The quantitative estimate of drug-likeness (QED) is 0.873. The molecule has 0 saturated heterocycles. The van der Waals surface area contributed by atoms with E-state index in [1.165, 1.54) is 17.7 Å². The maximum absolute atomic E-state index is 13.0. The monoisotopic (exact) mass is 321 g/mol. The summed E-state index contributed by atoms with van der Waals surface area (Å²) in [7, 11) is 1.94. The van der Waals surface area contributed by atoms with E-state index < -0.39 is 0 Å². The summed E-state index contributed by atoms with van der Waals surface area (Å²) in [5.74, 6) is 0.161. The second-order valence-electron chi connectivity index (χ2n) is 4.64. The molecule has 0 spiro atoms. The van der Waals surface area contributed by atoms with Gasteiger partial charge in [0.25, 0.3) is 0 Å². The summed E-state index contributed by atoms with van der Waals surface area (Å²) in [6.07, 6.45) is 0.936. The van der Waals surface area contributed by atoms with Crippen LogP contribution >= 0.6 is 15.9 Å². The van der Waals surface area contributed by atoms with E-state index in [0.717, 1.165) is 23.0 Å². The predicted molar refractivity (Wildman–Crippen MR) is 80.9 cm³/mol. The zero-order valence-corrected chi connectivity index (χ0v) is 12.5. The molecular formula is C16H17BrFN. The summed E-state index contributed by atoms with van der Waals surface area (Å²) in [6, 6.07) is 15.1. The molecule has 1 atom stereocenters. The van der Waals surface area contributed by atoms with E-state index in [0.29, 0.717) is 5.92 Å². The van der Waals surface area contributed by atoms with Crippen molar-refractivity contribution in [3.8, 4) is 0 Å². The van der Waals surface area contributed by atoms with E-state index in [9.17, 15) is 4.39 Å². The Hall–Kier alpha value is -1.19. The number of likely N-dealkylation sites (N-methyl/N-ethyl adjacent to an activating group) is 1. The Kier molecular flexibility index (Phi) is 5.11. The Labute approximate surface area is 122 Å². The van der Waals surface area contributed by atoms with Gasteiger partial charge < -0.3 is 5.32 Å². The number of halogens is 2. The van der Waals surface area contributed by atoms with Crippen LogP contribution in [0.5, 0.6) is 0 Å². The average Bonchev–Trinajstić information content (AvgIpc) is 2.39. The van der Waals surface area contributed by atoms with Crippen LogP contribution in [0.2, 0.25) is 0 Å². The minimum atomic E-state index is -0.186. The van der Waals surface area contributed by atoms with Gasteiger partial charge in [0.2, 0.25) is 0 Å². The lowest BCUT2D eigenvalue weighted by Crippen LogP contribution is -2.19. The van der Waals surface area contributed by atoms with Crippen molar-refractivity contribution in [2.75, 3.05) is 13.6 Å². The Morgan fingerprint density at radius 3 is 2.53 bits per heavy atom. The van der Waals surface area contributed by atoms with Crippen molar-refractivity contribution in [2.45, 2.75) is 12.3 Å². The largest absolute Gasteiger partial charge is 0.319 e. The molecule has 2 aromatic rings. The molecule has 0 aliphatic rings. The zero-order chi connectivity index (χ0) is 13.7. The van der Waals surface area contributed by atoms with Gasteiger partial charge in [0.05, 0.1) is 0 Å². The third-order valence-corrected chi connectivity index (χ3v) is 3.66. The summed E-state index contributed by atoms with van der Waals surface area (Å²) in [6.45, 7) is 0.873. The van der Waals surface area contributed by atoms with E-state index in [1.54, 1.807) is 0 Å². The molecule has 3 heteroatoms. The van der Waals surface area contributed by atoms with Crippen molar-refractivity contribution in [1.29, 1.82) is 0 Å². The van der Waals surface area contributed by atoms with Crippen LogP contribution < -0.4 is 5.32 Å². The molecule has 100 valence electrons. The van der Waals surface area contributed by atoms with Crippen LogP contribution in [0, 0.1) is 5.82 Å². The maximum Gasteiger partial charge on any atom is 0.123 e. The normalized spacial score (nSPS) is 12.4. The second kappa shape index (κ2) is 6.83. The van der Waals surface area contributed by atoms with E-state index in [4.69, 9.17) is 0 Å². The lowest BCUT2D eigenvalue weighted by Gasteiger charge is -2.17. The Bertz CT molecular complexity index is 525. The average molecular weight is 322 g/mol. The predicted octanol–water partition coefficient (Wildman–Crippen LogP) is 4.13. The third kappa shape index (κ3) is 4.15. The van der Waals surface area contributed by atoms with E-state index in [1.807, 2.05) is 31.3 Å². The van der Waals surface area contributed by atoms with Crippen molar-refractivity contribution in [2.24, 2.45) is 0 Å². The lowest BCUT2D eigenvalue weighted by molar-refractivity contribution is 0.611. The molecule has 0 radical (unpaired) electrons. The molecule has 2 rings (SSSR count). The van der Waals surface area contributed by atoms with Gasteiger partial charge in [-0.25, -0.2) is 4.39 Å². The topological polar surface area (TPSA) is 12.0 Å². The molecule has 19 heavy (non-hydrogen) atoms. The first-order valence-electron chi connectivity index (χ1n) is 6.33. The summed E-state index contributed by atoms with van der Waals surface area (Å²) >= 11 is 3.49. The molecule has 0 aliphatic carbocycles. The molecular weight excluding hydrogens is 305 g/mol. The SMILES string of the molecule is CNCC(Cc1cccc(Br)c1)c1ccc(F)cc1. The summed E-state index contributed by atoms with van der Waals surface area (Å²) in [5, 5.41) is 3.21. The number of rotatable bonds is 5. The fourth-order valence-electron chi connectivity index (χ4n) is 2.24. The van der Waals surface area contributed by atoms with E-state index >= 15 is 0 Å². The second-order valence-corrected chi connectivity index (χ2v) is 5.56. The third-order valence-electron chi connectivity index (χ3n) is 3.16. The minimum absolute atomic E-state index is 0.186. The molecule has 0 fully saturated rings. The van der Waals surface area contributed by atoms with Crippen molar-refractivity contribution in [3.63, 3.8) is 0 Å². The van der Waals surface area contributed by atoms with Crippen LogP contribution in [0.25, 0.3) is 0 Å². The molecule has 0 saturated carbocycles. The fraction of sp³-hybridized carbons (Fsp3) is 0.250. The van der Waals surface area contributed by atoms with Gasteiger partial charge in [0.1, 0.15) is 5.82 Å². The van der Waals surface area contributed by atoms with Gasteiger partial charge in [0.15, 0.2) is 0 Å². The van der Waals surface area contributed by atoms with Gasteiger partial charge in [0, 0.05) is 16.9 Å². The van der Waals surface area contributed by atoms with Crippen LogP contribution in [-0.4, -0.2) is 13.6 Å². The summed E-state index contributed by atoms with van der Waals surface area (Å²) in [4.78, 5) is 0. The highest BCUT2D eigenvalue weighted by atomic mass is 79.9. The van der Waals surface area contributed by atoms with Crippen molar-refractivity contribution in [3.05, 3.63) is 69.9 Å². The van der Waals surface area contributed by atoms with E-state index in [2.05, 4.69) is 33.4 Å². The molecule has 0 heterocycles. The van der Waals surface area contributed by atoms with Gasteiger partial charge in [-0.2, -0.15) is 0 Å². The molecule has 0 bridgehead atoms. The first kappa shape index (κ1) is 14.2. The van der Waals surface area contributed by atoms with Gasteiger partial charge in [-0.05, 0) is 48.9 Å². The standard InChI is InChI=1S/C16H17BrFN/c1-19-11-14(13-5-7-16(18)8-6-13)9-12-3-2-4-15(17)10-12/h2-8,10,14,19H,9,11H2,1H3. The lowest BCUT2D eigenvalue weighted by atomic mass is 9.92. The fourth-order valence-corrected chi connectivity index (χ4v) is 2.68. The Morgan fingerprint density at radius 1 is 1.16 bits per heavy atom. The molecule has 1 N–H and O–H groups in total. The molecule has 1 nitrogen and oxygen atoms in total.